The highest BCUT2D eigenvalue weighted by Crippen LogP contribution is 2.22. The molecular weight excluding hydrogens is 416 g/mol. The molecule has 8 nitrogen and oxygen atoms in total. The quantitative estimate of drug-likeness (QED) is 0.286. The number of carboxylic acids is 2. The van der Waals surface area contributed by atoms with Crippen LogP contribution in [0.3, 0.4) is 0 Å². The van der Waals surface area contributed by atoms with Gasteiger partial charge in [0.1, 0.15) is 0 Å². The van der Waals surface area contributed by atoms with E-state index >= 15 is 0 Å². The monoisotopic (exact) mass is 454 g/mol. The number of ether oxygens (including phenoxy) is 4. The summed E-state index contributed by atoms with van der Waals surface area (Å²) in [5.74, 6) is -2.18. The molecule has 0 amide bonds. The zero-order valence-electron chi connectivity index (χ0n) is 19.4. The lowest BCUT2D eigenvalue weighted by Gasteiger charge is -2.16. The number of aromatic carboxylic acids is 2. The first-order chi connectivity index (χ1) is 15.5. The number of unbranched alkanes of at least 4 members (excludes halogenated alkanes) is 2. The number of carboxylic acid groups (broad SMARTS) is 2. The maximum Gasteiger partial charge on any atom is 0.335 e. The zero-order valence-corrected chi connectivity index (χ0v) is 19.4. The van der Waals surface area contributed by atoms with Gasteiger partial charge in [0.2, 0.25) is 0 Å². The number of hydrogen-bond acceptors (Lipinski definition) is 6. The van der Waals surface area contributed by atoms with Gasteiger partial charge < -0.3 is 29.2 Å². The van der Waals surface area contributed by atoms with Crippen LogP contribution in [0.5, 0.6) is 0 Å². The second kappa shape index (κ2) is 17.5. The molecule has 2 N–H and O–H groups in total. The molecule has 0 radical (unpaired) electrons. The Balaban J connectivity index is 2.70. The van der Waals surface area contributed by atoms with Crippen molar-refractivity contribution < 1.29 is 38.7 Å². The van der Waals surface area contributed by atoms with Gasteiger partial charge in [-0.25, -0.2) is 9.59 Å². The van der Waals surface area contributed by atoms with Crippen LogP contribution in [0.1, 0.15) is 71.4 Å². The lowest BCUT2D eigenvalue weighted by molar-refractivity contribution is 0.0463. The molecule has 8 heteroatoms. The van der Waals surface area contributed by atoms with E-state index in [-0.39, 0.29) is 24.3 Å². The van der Waals surface area contributed by atoms with Gasteiger partial charge in [-0.05, 0) is 48.9 Å². The zero-order chi connectivity index (χ0) is 23.6. The molecule has 0 aliphatic carbocycles. The van der Waals surface area contributed by atoms with Crippen LogP contribution in [0.2, 0.25) is 0 Å². The molecule has 0 aromatic heterocycles. The van der Waals surface area contributed by atoms with Gasteiger partial charge in [0, 0.05) is 13.2 Å². The fraction of sp³-hybridized carbons (Fsp3) is 0.667. The third-order valence-electron chi connectivity index (χ3n) is 4.91. The largest absolute Gasteiger partial charge is 0.478 e. The summed E-state index contributed by atoms with van der Waals surface area (Å²) < 4.78 is 22.1. The number of hydrogen-bond donors (Lipinski definition) is 2. The predicted molar refractivity (Wildman–Crippen MR) is 121 cm³/mol. The van der Waals surface area contributed by atoms with E-state index in [9.17, 15) is 19.8 Å². The SMILES string of the molecule is CCCCOCCOCCc1c(C(=O)O)ccc(C(=O)O)c1CCOCCOCCCC. The van der Waals surface area contributed by atoms with Crippen molar-refractivity contribution in [2.45, 2.75) is 52.4 Å². The average Bonchev–Trinajstić information content (AvgIpc) is 2.77. The van der Waals surface area contributed by atoms with Gasteiger partial charge in [0.15, 0.2) is 0 Å². The van der Waals surface area contributed by atoms with Gasteiger partial charge in [-0.3, -0.25) is 0 Å². The summed E-state index contributed by atoms with van der Waals surface area (Å²) >= 11 is 0. The Bertz CT molecular complexity index is 617. The minimum absolute atomic E-state index is 0.0932. The second-order valence-electron chi connectivity index (χ2n) is 7.38. The summed E-state index contributed by atoms with van der Waals surface area (Å²) in [6.07, 6.45) is 4.73. The van der Waals surface area contributed by atoms with Crippen molar-refractivity contribution >= 4 is 11.9 Å². The van der Waals surface area contributed by atoms with E-state index in [0.717, 1.165) is 25.7 Å². The van der Waals surface area contributed by atoms with Crippen molar-refractivity contribution in [1.82, 2.24) is 0 Å². The standard InChI is InChI=1S/C24H38O8/c1-3-5-11-29-15-17-31-13-9-19-20(10-14-32-18-16-30-12-6-4-2)22(24(27)28)8-7-21(19)23(25)26/h7-8H,3-6,9-18H2,1-2H3,(H,25,26)(H,27,28). The van der Waals surface area contributed by atoms with Crippen molar-refractivity contribution in [2.24, 2.45) is 0 Å². The van der Waals surface area contributed by atoms with Gasteiger partial charge in [0.05, 0.1) is 50.8 Å². The van der Waals surface area contributed by atoms with Crippen LogP contribution in [0, 0.1) is 0 Å². The van der Waals surface area contributed by atoms with Gasteiger partial charge in [-0.15, -0.1) is 0 Å². The molecule has 0 atom stereocenters. The molecule has 1 aromatic carbocycles. The highest BCUT2D eigenvalue weighted by molar-refractivity contribution is 5.95. The molecule has 0 saturated carbocycles. The minimum atomic E-state index is -1.09. The van der Waals surface area contributed by atoms with E-state index in [1.54, 1.807) is 0 Å². The van der Waals surface area contributed by atoms with Crippen LogP contribution in [0.15, 0.2) is 12.1 Å². The Morgan fingerprint density at radius 1 is 0.625 bits per heavy atom. The van der Waals surface area contributed by atoms with E-state index in [4.69, 9.17) is 18.9 Å². The molecule has 0 heterocycles. The summed E-state index contributed by atoms with van der Waals surface area (Å²) in [6, 6.07) is 2.70. The number of rotatable bonds is 20. The third-order valence-corrected chi connectivity index (χ3v) is 4.91. The van der Waals surface area contributed by atoms with E-state index < -0.39 is 11.9 Å². The first-order valence-corrected chi connectivity index (χ1v) is 11.4. The fourth-order valence-corrected chi connectivity index (χ4v) is 3.15. The summed E-state index contributed by atoms with van der Waals surface area (Å²) in [7, 11) is 0. The fourth-order valence-electron chi connectivity index (χ4n) is 3.15. The van der Waals surface area contributed by atoms with E-state index in [1.807, 2.05) is 0 Å². The van der Waals surface area contributed by atoms with Crippen LogP contribution in [0.25, 0.3) is 0 Å². The summed E-state index contributed by atoms with van der Waals surface area (Å²) in [5.41, 5.74) is 1.14. The molecule has 1 rings (SSSR count). The lowest BCUT2D eigenvalue weighted by Crippen LogP contribution is -2.16. The third kappa shape index (κ3) is 11.0. The van der Waals surface area contributed by atoms with E-state index in [0.29, 0.717) is 63.6 Å². The molecule has 0 saturated heterocycles. The molecular formula is C24H38O8. The van der Waals surface area contributed by atoms with E-state index in [2.05, 4.69) is 13.8 Å². The first kappa shape index (κ1) is 28.0. The van der Waals surface area contributed by atoms with Crippen molar-refractivity contribution in [1.29, 1.82) is 0 Å². The first-order valence-electron chi connectivity index (χ1n) is 11.4. The molecule has 1 aromatic rings. The van der Waals surface area contributed by atoms with Crippen molar-refractivity contribution in [3.63, 3.8) is 0 Å². The van der Waals surface area contributed by atoms with Crippen molar-refractivity contribution in [3.8, 4) is 0 Å². The molecule has 0 bridgehead atoms. The molecule has 0 aliphatic heterocycles. The van der Waals surface area contributed by atoms with Crippen LogP contribution in [-0.4, -0.2) is 75.0 Å². The van der Waals surface area contributed by atoms with Gasteiger partial charge in [-0.1, -0.05) is 26.7 Å². The molecule has 0 unspecified atom stereocenters. The van der Waals surface area contributed by atoms with Crippen molar-refractivity contribution in [3.05, 3.63) is 34.4 Å². The van der Waals surface area contributed by atoms with Crippen LogP contribution in [0.4, 0.5) is 0 Å². The van der Waals surface area contributed by atoms with Crippen LogP contribution >= 0.6 is 0 Å². The smallest absolute Gasteiger partial charge is 0.335 e. The highest BCUT2D eigenvalue weighted by Gasteiger charge is 2.20. The number of carbonyl (C=O) groups is 2. The lowest BCUT2D eigenvalue weighted by atomic mass is 9.92. The van der Waals surface area contributed by atoms with Gasteiger partial charge >= 0.3 is 11.9 Å². The van der Waals surface area contributed by atoms with Gasteiger partial charge in [0.25, 0.3) is 0 Å². The van der Waals surface area contributed by atoms with E-state index in [1.165, 1.54) is 12.1 Å². The average molecular weight is 455 g/mol. The van der Waals surface area contributed by atoms with Crippen LogP contribution < -0.4 is 0 Å². The molecule has 182 valence electrons. The second-order valence-corrected chi connectivity index (χ2v) is 7.38. The summed E-state index contributed by atoms with van der Waals surface area (Å²) in [6.45, 7) is 7.88. The minimum Gasteiger partial charge on any atom is -0.478 e. The molecule has 0 fully saturated rings. The summed E-state index contributed by atoms with van der Waals surface area (Å²) in [5, 5.41) is 19.2. The summed E-state index contributed by atoms with van der Waals surface area (Å²) in [4.78, 5) is 23.5. The normalized spacial score (nSPS) is 11.1. The van der Waals surface area contributed by atoms with Crippen molar-refractivity contribution in [2.75, 3.05) is 52.9 Å². The Hall–Kier alpha value is -2.00. The molecule has 32 heavy (non-hydrogen) atoms. The Morgan fingerprint density at radius 2 is 0.969 bits per heavy atom. The highest BCUT2D eigenvalue weighted by atomic mass is 16.5. The maximum absolute atomic E-state index is 11.7. The Morgan fingerprint density at radius 3 is 1.28 bits per heavy atom. The Labute approximate surface area is 190 Å². The predicted octanol–water partition coefficient (Wildman–Crippen LogP) is 3.83. The van der Waals surface area contributed by atoms with Crippen LogP contribution in [-0.2, 0) is 31.8 Å². The molecule has 0 spiro atoms. The maximum atomic E-state index is 11.7. The Kier molecular flexibility index (Phi) is 15.4. The number of benzene rings is 1. The molecule has 0 aliphatic rings. The van der Waals surface area contributed by atoms with Gasteiger partial charge in [-0.2, -0.15) is 0 Å². The topological polar surface area (TPSA) is 112 Å².